The minimum Gasteiger partial charge on any atom is -0.347 e. The summed E-state index contributed by atoms with van der Waals surface area (Å²) in [7, 11) is 3.54. The minimum absolute atomic E-state index is 0.0586. The van der Waals surface area contributed by atoms with Crippen molar-refractivity contribution in [3.05, 3.63) is 42.6 Å². The molecule has 3 rings (SSSR count). The summed E-state index contributed by atoms with van der Waals surface area (Å²) in [6.07, 6.45) is 1.76. The van der Waals surface area contributed by atoms with Gasteiger partial charge < -0.3 is 9.80 Å². The van der Waals surface area contributed by atoms with Gasteiger partial charge in [0.05, 0.1) is 10.6 Å². The van der Waals surface area contributed by atoms with Crippen LogP contribution in [-0.4, -0.2) is 36.4 Å². The van der Waals surface area contributed by atoms with Crippen LogP contribution in [0, 0.1) is 0 Å². The summed E-state index contributed by atoms with van der Waals surface area (Å²) in [6, 6.07) is 12.1. The number of nitrogens with zero attached hydrogens (tertiary/aromatic N) is 3. The highest BCUT2D eigenvalue weighted by molar-refractivity contribution is 7.99. The van der Waals surface area contributed by atoms with Gasteiger partial charge in [-0.05, 0) is 24.3 Å². The molecule has 2 aromatic rings. The predicted molar refractivity (Wildman–Crippen MR) is 80.5 cm³/mol. The predicted octanol–water partition coefficient (Wildman–Crippen LogP) is 2.77. The van der Waals surface area contributed by atoms with Gasteiger partial charge in [0.25, 0.3) is 0 Å². The summed E-state index contributed by atoms with van der Waals surface area (Å²) < 4.78 is 0. The van der Waals surface area contributed by atoms with E-state index in [0.29, 0.717) is 6.54 Å². The molecule has 0 spiro atoms. The molecule has 4 nitrogen and oxygen atoms in total. The van der Waals surface area contributed by atoms with Crippen LogP contribution in [0.4, 0.5) is 11.5 Å². The number of para-hydroxylation sites is 1. The molecular formula is C15H15N3OS. The molecule has 0 fully saturated rings. The van der Waals surface area contributed by atoms with Crippen LogP contribution in [0.15, 0.2) is 52.4 Å². The highest BCUT2D eigenvalue weighted by Gasteiger charge is 2.26. The Labute approximate surface area is 122 Å². The van der Waals surface area contributed by atoms with E-state index in [2.05, 4.69) is 11.1 Å². The molecule has 0 radical (unpaired) electrons. The van der Waals surface area contributed by atoms with Crippen LogP contribution in [0.5, 0.6) is 0 Å². The molecule has 102 valence electrons. The molecule has 0 bridgehead atoms. The Morgan fingerprint density at radius 2 is 1.95 bits per heavy atom. The molecule has 1 aliphatic rings. The standard InChI is InChI=1S/C15H15N3OS/c1-17(2)14(19)10-18-11-6-3-4-7-12(11)20-13-8-5-9-16-15(13)18/h3-9H,10H2,1-2H3. The summed E-state index contributed by atoms with van der Waals surface area (Å²) in [6.45, 7) is 0.300. The maximum Gasteiger partial charge on any atom is 0.242 e. The van der Waals surface area contributed by atoms with E-state index in [1.54, 1.807) is 37.0 Å². The zero-order valence-electron chi connectivity index (χ0n) is 11.4. The Morgan fingerprint density at radius 1 is 1.20 bits per heavy atom. The van der Waals surface area contributed by atoms with Crippen molar-refractivity contribution in [1.82, 2.24) is 9.88 Å². The molecule has 2 heterocycles. The average molecular weight is 285 g/mol. The van der Waals surface area contributed by atoms with E-state index in [9.17, 15) is 4.79 Å². The van der Waals surface area contributed by atoms with Gasteiger partial charge in [-0.25, -0.2) is 4.98 Å². The first kappa shape index (κ1) is 13.0. The third-order valence-electron chi connectivity index (χ3n) is 3.17. The summed E-state index contributed by atoms with van der Waals surface area (Å²) >= 11 is 1.69. The molecule has 0 saturated heterocycles. The second kappa shape index (κ2) is 5.17. The van der Waals surface area contributed by atoms with Crippen molar-refractivity contribution in [2.24, 2.45) is 0 Å². The smallest absolute Gasteiger partial charge is 0.242 e. The fourth-order valence-electron chi connectivity index (χ4n) is 2.10. The van der Waals surface area contributed by atoms with Crippen molar-refractivity contribution >= 4 is 29.2 Å². The summed E-state index contributed by atoms with van der Waals surface area (Å²) in [5, 5.41) is 0. The van der Waals surface area contributed by atoms with Crippen molar-refractivity contribution in [3.8, 4) is 0 Å². The van der Waals surface area contributed by atoms with Gasteiger partial charge in [0, 0.05) is 25.2 Å². The molecule has 0 atom stereocenters. The zero-order valence-corrected chi connectivity index (χ0v) is 12.2. The Morgan fingerprint density at radius 3 is 2.75 bits per heavy atom. The second-order valence-electron chi connectivity index (χ2n) is 4.77. The molecule has 0 N–H and O–H groups in total. The number of hydrogen-bond donors (Lipinski definition) is 0. The number of likely N-dealkylation sites (N-methyl/N-ethyl adjacent to an activating group) is 1. The van der Waals surface area contributed by atoms with Crippen LogP contribution in [0.1, 0.15) is 0 Å². The topological polar surface area (TPSA) is 36.4 Å². The van der Waals surface area contributed by atoms with Crippen LogP contribution in [0.25, 0.3) is 0 Å². The van der Waals surface area contributed by atoms with Crippen molar-refractivity contribution in [2.75, 3.05) is 25.5 Å². The van der Waals surface area contributed by atoms with Gasteiger partial charge >= 0.3 is 0 Å². The Balaban J connectivity index is 2.05. The number of hydrogen-bond acceptors (Lipinski definition) is 4. The van der Waals surface area contributed by atoms with E-state index in [0.717, 1.165) is 21.3 Å². The van der Waals surface area contributed by atoms with E-state index < -0.39 is 0 Å². The first-order valence-electron chi connectivity index (χ1n) is 6.36. The fraction of sp³-hybridized carbons (Fsp3) is 0.200. The number of amides is 1. The number of pyridine rings is 1. The maximum atomic E-state index is 12.1. The Kier molecular flexibility index (Phi) is 3.36. The highest BCUT2D eigenvalue weighted by atomic mass is 32.2. The molecular weight excluding hydrogens is 270 g/mol. The maximum absolute atomic E-state index is 12.1. The van der Waals surface area contributed by atoms with Crippen molar-refractivity contribution in [3.63, 3.8) is 0 Å². The van der Waals surface area contributed by atoms with E-state index in [-0.39, 0.29) is 5.91 Å². The number of aromatic nitrogens is 1. The fourth-order valence-corrected chi connectivity index (χ4v) is 3.17. The average Bonchev–Trinajstić information content (AvgIpc) is 2.46. The van der Waals surface area contributed by atoms with Gasteiger partial charge in [0.15, 0.2) is 0 Å². The van der Waals surface area contributed by atoms with Gasteiger partial charge in [0.1, 0.15) is 12.4 Å². The molecule has 0 unspecified atom stereocenters. The molecule has 0 saturated carbocycles. The molecule has 1 amide bonds. The monoisotopic (exact) mass is 285 g/mol. The van der Waals surface area contributed by atoms with Crippen molar-refractivity contribution in [2.45, 2.75) is 9.79 Å². The molecule has 1 aromatic carbocycles. The van der Waals surface area contributed by atoms with Crippen LogP contribution in [-0.2, 0) is 4.79 Å². The highest BCUT2D eigenvalue weighted by Crippen LogP contribution is 2.46. The first-order valence-corrected chi connectivity index (χ1v) is 7.18. The lowest BCUT2D eigenvalue weighted by Crippen LogP contribution is -2.35. The number of carbonyl (C=O) groups is 1. The lowest BCUT2D eigenvalue weighted by molar-refractivity contribution is -0.127. The third-order valence-corrected chi connectivity index (χ3v) is 4.28. The number of anilines is 2. The van der Waals surface area contributed by atoms with Gasteiger partial charge in [-0.2, -0.15) is 0 Å². The number of fused-ring (bicyclic) bond motifs is 2. The SMILES string of the molecule is CN(C)C(=O)CN1c2ccccc2Sc2cccnc21. The summed E-state index contributed by atoms with van der Waals surface area (Å²) in [5.41, 5.74) is 1.04. The molecule has 20 heavy (non-hydrogen) atoms. The van der Waals surface area contributed by atoms with E-state index in [1.807, 2.05) is 35.2 Å². The zero-order chi connectivity index (χ0) is 14.1. The lowest BCUT2D eigenvalue weighted by atomic mass is 10.2. The lowest BCUT2D eigenvalue weighted by Gasteiger charge is -2.31. The van der Waals surface area contributed by atoms with Crippen molar-refractivity contribution in [1.29, 1.82) is 0 Å². The Hall–Kier alpha value is -2.01. The number of rotatable bonds is 2. The number of benzene rings is 1. The molecule has 1 aromatic heterocycles. The Bertz CT molecular complexity index is 612. The minimum atomic E-state index is 0.0586. The largest absolute Gasteiger partial charge is 0.347 e. The second-order valence-corrected chi connectivity index (χ2v) is 5.85. The summed E-state index contributed by atoms with van der Waals surface area (Å²) in [4.78, 5) is 22.4. The van der Waals surface area contributed by atoms with Crippen LogP contribution in [0.3, 0.4) is 0 Å². The van der Waals surface area contributed by atoms with Crippen LogP contribution >= 0.6 is 11.8 Å². The van der Waals surface area contributed by atoms with E-state index in [1.165, 1.54) is 0 Å². The van der Waals surface area contributed by atoms with E-state index in [4.69, 9.17) is 0 Å². The number of carbonyl (C=O) groups excluding carboxylic acids is 1. The van der Waals surface area contributed by atoms with Gasteiger partial charge in [-0.1, -0.05) is 23.9 Å². The summed E-state index contributed by atoms with van der Waals surface area (Å²) in [5.74, 6) is 0.912. The van der Waals surface area contributed by atoms with Gasteiger partial charge in [0.2, 0.25) is 5.91 Å². The molecule has 0 aliphatic carbocycles. The van der Waals surface area contributed by atoms with Gasteiger partial charge in [-0.15, -0.1) is 0 Å². The quantitative estimate of drug-likeness (QED) is 0.850. The normalized spacial score (nSPS) is 12.6. The van der Waals surface area contributed by atoms with Crippen molar-refractivity contribution < 1.29 is 4.79 Å². The van der Waals surface area contributed by atoms with Crippen LogP contribution in [0.2, 0.25) is 0 Å². The molecule has 1 aliphatic heterocycles. The third kappa shape index (κ3) is 2.25. The van der Waals surface area contributed by atoms with E-state index >= 15 is 0 Å². The molecule has 5 heteroatoms. The first-order chi connectivity index (χ1) is 9.66. The van der Waals surface area contributed by atoms with Gasteiger partial charge in [-0.3, -0.25) is 4.79 Å². The van der Waals surface area contributed by atoms with Crippen LogP contribution < -0.4 is 4.90 Å².